The predicted octanol–water partition coefficient (Wildman–Crippen LogP) is 2.17. The quantitative estimate of drug-likeness (QED) is 0.767. The summed E-state index contributed by atoms with van der Waals surface area (Å²) in [4.78, 5) is 24.4. The molecular formula is C13H26N2O3. The summed E-state index contributed by atoms with van der Waals surface area (Å²) in [5, 5.41) is 11.6. The number of nitrogens with zero attached hydrogens (tertiary/aromatic N) is 1. The lowest BCUT2D eigenvalue weighted by molar-refractivity contribution is -0.146. The summed E-state index contributed by atoms with van der Waals surface area (Å²) in [6, 6.07) is -0.0876. The van der Waals surface area contributed by atoms with Crippen molar-refractivity contribution >= 4 is 12.0 Å². The molecule has 5 nitrogen and oxygen atoms in total. The van der Waals surface area contributed by atoms with E-state index < -0.39 is 11.4 Å². The summed E-state index contributed by atoms with van der Waals surface area (Å²) in [5.41, 5.74) is -0.947. The van der Waals surface area contributed by atoms with E-state index in [1.165, 1.54) is 0 Å². The fourth-order valence-electron chi connectivity index (χ4n) is 1.54. The molecule has 1 unspecified atom stereocenters. The fraction of sp³-hybridized carbons (Fsp3) is 0.846. The van der Waals surface area contributed by atoms with Gasteiger partial charge in [-0.3, -0.25) is 4.79 Å². The van der Waals surface area contributed by atoms with Crippen LogP contribution in [0.4, 0.5) is 4.79 Å². The van der Waals surface area contributed by atoms with Crippen LogP contribution in [0.5, 0.6) is 0 Å². The van der Waals surface area contributed by atoms with Gasteiger partial charge in [-0.05, 0) is 33.1 Å². The van der Waals surface area contributed by atoms with Gasteiger partial charge in [-0.25, -0.2) is 4.79 Å². The molecule has 106 valence electrons. The summed E-state index contributed by atoms with van der Waals surface area (Å²) in [6.45, 7) is 9.51. The highest BCUT2D eigenvalue weighted by Gasteiger charge is 2.28. The van der Waals surface area contributed by atoms with Crippen molar-refractivity contribution in [1.29, 1.82) is 0 Å². The second-order valence-corrected chi connectivity index (χ2v) is 5.94. The standard InChI is InChI=1S/C13H26N2O3/c1-9(2)7-10(3)15(6)12(18)14-8-13(4,5)11(16)17/h9-10H,7-8H2,1-6H3,(H,14,18)(H,16,17). The van der Waals surface area contributed by atoms with Gasteiger partial charge in [0.05, 0.1) is 5.41 Å². The van der Waals surface area contributed by atoms with Gasteiger partial charge in [0.2, 0.25) is 0 Å². The van der Waals surface area contributed by atoms with Gasteiger partial charge in [-0.15, -0.1) is 0 Å². The minimum Gasteiger partial charge on any atom is -0.481 e. The van der Waals surface area contributed by atoms with E-state index in [4.69, 9.17) is 5.11 Å². The molecule has 2 amide bonds. The van der Waals surface area contributed by atoms with E-state index in [0.29, 0.717) is 5.92 Å². The van der Waals surface area contributed by atoms with Crippen LogP contribution >= 0.6 is 0 Å². The van der Waals surface area contributed by atoms with Crippen LogP contribution in [0, 0.1) is 11.3 Å². The molecule has 0 aromatic carbocycles. The van der Waals surface area contributed by atoms with Gasteiger partial charge in [0.15, 0.2) is 0 Å². The van der Waals surface area contributed by atoms with E-state index in [-0.39, 0.29) is 18.6 Å². The molecule has 0 aromatic rings. The first-order chi connectivity index (χ1) is 8.08. The fourth-order valence-corrected chi connectivity index (χ4v) is 1.54. The third kappa shape index (κ3) is 5.38. The number of hydrogen-bond acceptors (Lipinski definition) is 2. The Morgan fingerprint density at radius 1 is 1.28 bits per heavy atom. The van der Waals surface area contributed by atoms with Crippen LogP contribution in [-0.4, -0.2) is 41.6 Å². The van der Waals surface area contributed by atoms with E-state index in [0.717, 1.165) is 6.42 Å². The van der Waals surface area contributed by atoms with Crippen molar-refractivity contribution in [2.75, 3.05) is 13.6 Å². The van der Waals surface area contributed by atoms with Gasteiger partial charge in [0.1, 0.15) is 0 Å². The first-order valence-electron chi connectivity index (χ1n) is 6.32. The zero-order valence-corrected chi connectivity index (χ0v) is 12.3. The largest absolute Gasteiger partial charge is 0.481 e. The molecule has 0 radical (unpaired) electrons. The lowest BCUT2D eigenvalue weighted by Crippen LogP contribution is -2.47. The van der Waals surface area contributed by atoms with Crippen molar-refractivity contribution in [1.82, 2.24) is 10.2 Å². The average Bonchev–Trinajstić information content (AvgIpc) is 2.23. The number of carboxylic acids is 1. The first-order valence-corrected chi connectivity index (χ1v) is 6.32. The highest BCUT2D eigenvalue weighted by Crippen LogP contribution is 2.14. The zero-order chi connectivity index (χ0) is 14.5. The number of hydrogen-bond donors (Lipinski definition) is 2. The number of carbonyl (C=O) groups is 2. The molecule has 0 rings (SSSR count). The van der Waals surface area contributed by atoms with Gasteiger partial charge in [-0.1, -0.05) is 13.8 Å². The van der Waals surface area contributed by atoms with E-state index in [1.54, 1.807) is 25.8 Å². The van der Waals surface area contributed by atoms with Crippen molar-refractivity contribution in [3.8, 4) is 0 Å². The Labute approximate surface area is 110 Å². The number of carbonyl (C=O) groups excluding carboxylic acids is 1. The van der Waals surface area contributed by atoms with E-state index >= 15 is 0 Å². The maximum absolute atomic E-state index is 11.9. The summed E-state index contributed by atoms with van der Waals surface area (Å²) >= 11 is 0. The highest BCUT2D eigenvalue weighted by atomic mass is 16.4. The molecule has 0 saturated carbocycles. The molecule has 0 aliphatic carbocycles. The minimum atomic E-state index is -0.947. The van der Waals surface area contributed by atoms with E-state index in [2.05, 4.69) is 19.2 Å². The smallest absolute Gasteiger partial charge is 0.317 e. The second-order valence-electron chi connectivity index (χ2n) is 5.94. The van der Waals surface area contributed by atoms with Crippen LogP contribution in [0.1, 0.15) is 41.0 Å². The van der Waals surface area contributed by atoms with Crippen LogP contribution in [0.3, 0.4) is 0 Å². The van der Waals surface area contributed by atoms with Crippen molar-refractivity contribution in [3.05, 3.63) is 0 Å². The lowest BCUT2D eigenvalue weighted by Gasteiger charge is -2.28. The number of aliphatic carboxylic acids is 1. The Hall–Kier alpha value is -1.26. The topological polar surface area (TPSA) is 69.6 Å². The van der Waals surface area contributed by atoms with E-state index in [9.17, 15) is 9.59 Å². The molecule has 0 saturated heterocycles. The lowest BCUT2D eigenvalue weighted by atomic mass is 9.94. The number of amides is 2. The van der Waals surface area contributed by atoms with Crippen molar-refractivity contribution in [2.24, 2.45) is 11.3 Å². The van der Waals surface area contributed by atoms with Gasteiger partial charge in [0, 0.05) is 19.6 Å². The molecule has 0 bridgehead atoms. The molecule has 2 N–H and O–H groups in total. The Morgan fingerprint density at radius 3 is 2.17 bits per heavy atom. The van der Waals surface area contributed by atoms with Crippen LogP contribution in [0.15, 0.2) is 0 Å². The monoisotopic (exact) mass is 258 g/mol. The number of urea groups is 1. The van der Waals surface area contributed by atoms with Crippen molar-refractivity contribution in [2.45, 2.75) is 47.1 Å². The number of carboxylic acid groups (broad SMARTS) is 1. The van der Waals surface area contributed by atoms with Crippen molar-refractivity contribution in [3.63, 3.8) is 0 Å². The third-order valence-electron chi connectivity index (χ3n) is 3.05. The maximum atomic E-state index is 11.9. The Morgan fingerprint density at radius 2 is 1.78 bits per heavy atom. The molecule has 0 heterocycles. The van der Waals surface area contributed by atoms with Crippen LogP contribution in [0.25, 0.3) is 0 Å². The van der Waals surface area contributed by atoms with Crippen LogP contribution < -0.4 is 5.32 Å². The third-order valence-corrected chi connectivity index (χ3v) is 3.05. The minimum absolute atomic E-state index is 0.125. The second kappa shape index (κ2) is 6.61. The molecule has 18 heavy (non-hydrogen) atoms. The summed E-state index contributed by atoms with van der Waals surface area (Å²) in [6.07, 6.45) is 0.923. The molecule has 0 fully saturated rings. The summed E-state index contributed by atoms with van der Waals surface area (Å²) < 4.78 is 0. The molecule has 0 aromatic heterocycles. The Kier molecular flexibility index (Phi) is 6.15. The SMILES string of the molecule is CC(C)CC(C)N(C)C(=O)NCC(C)(C)C(=O)O. The zero-order valence-electron chi connectivity index (χ0n) is 12.3. The molecule has 0 spiro atoms. The Balaban J connectivity index is 4.29. The molecule has 0 aliphatic rings. The van der Waals surface area contributed by atoms with Gasteiger partial charge >= 0.3 is 12.0 Å². The molecule has 1 atom stereocenters. The molecule has 5 heteroatoms. The van der Waals surface area contributed by atoms with Gasteiger partial charge < -0.3 is 15.3 Å². The first kappa shape index (κ1) is 16.7. The van der Waals surface area contributed by atoms with E-state index in [1.807, 2.05) is 6.92 Å². The number of rotatable bonds is 6. The van der Waals surface area contributed by atoms with Crippen molar-refractivity contribution < 1.29 is 14.7 Å². The predicted molar refractivity (Wildman–Crippen MR) is 71.5 cm³/mol. The van der Waals surface area contributed by atoms with Gasteiger partial charge in [-0.2, -0.15) is 0 Å². The average molecular weight is 258 g/mol. The summed E-state index contributed by atoms with van der Waals surface area (Å²) in [5.74, 6) is -0.397. The maximum Gasteiger partial charge on any atom is 0.317 e. The summed E-state index contributed by atoms with van der Waals surface area (Å²) in [7, 11) is 1.73. The van der Waals surface area contributed by atoms with Crippen LogP contribution in [0.2, 0.25) is 0 Å². The van der Waals surface area contributed by atoms with Gasteiger partial charge in [0.25, 0.3) is 0 Å². The number of nitrogens with one attached hydrogen (secondary N) is 1. The normalized spacial score (nSPS) is 13.3. The molecular weight excluding hydrogens is 232 g/mol. The molecule has 0 aliphatic heterocycles. The Bertz CT molecular complexity index is 301. The van der Waals surface area contributed by atoms with Crippen LogP contribution in [-0.2, 0) is 4.79 Å². The highest BCUT2D eigenvalue weighted by molar-refractivity contribution is 5.77.